The Balaban J connectivity index is 2.05. The van der Waals surface area contributed by atoms with Gasteiger partial charge < -0.3 is 10.5 Å². The fraction of sp³-hybridized carbons (Fsp3) is 1.00. The molecule has 1 aliphatic heterocycles. The van der Waals surface area contributed by atoms with Crippen molar-refractivity contribution in [3.8, 4) is 0 Å². The lowest BCUT2D eigenvalue weighted by Gasteiger charge is -2.27. The number of morpholine rings is 1. The molecule has 0 aromatic carbocycles. The van der Waals surface area contributed by atoms with Crippen molar-refractivity contribution < 1.29 is 4.74 Å². The Morgan fingerprint density at radius 3 is 2.67 bits per heavy atom. The van der Waals surface area contributed by atoms with Crippen molar-refractivity contribution in [1.82, 2.24) is 10.3 Å². The van der Waals surface area contributed by atoms with Crippen molar-refractivity contribution in [1.29, 1.82) is 0 Å². The SMILES string of the molecule is NNC(N)CCN1CCOCC1. The highest BCUT2D eigenvalue weighted by Gasteiger charge is 2.10. The van der Waals surface area contributed by atoms with Crippen molar-refractivity contribution >= 4 is 0 Å². The molecule has 72 valence electrons. The standard InChI is InChI=1S/C7H18N4O/c8-7(10-9)1-2-11-3-5-12-6-4-11/h7,10H,1-6,8-9H2. The van der Waals surface area contributed by atoms with E-state index < -0.39 is 0 Å². The number of hydrazine groups is 1. The second-order valence-electron chi connectivity index (χ2n) is 3.02. The minimum Gasteiger partial charge on any atom is -0.379 e. The van der Waals surface area contributed by atoms with E-state index in [-0.39, 0.29) is 6.17 Å². The van der Waals surface area contributed by atoms with E-state index in [0.717, 1.165) is 39.3 Å². The number of hydrogen-bond acceptors (Lipinski definition) is 5. The van der Waals surface area contributed by atoms with Crippen molar-refractivity contribution in [2.45, 2.75) is 12.6 Å². The monoisotopic (exact) mass is 174 g/mol. The normalized spacial score (nSPS) is 22.5. The van der Waals surface area contributed by atoms with Gasteiger partial charge >= 0.3 is 0 Å². The van der Waals surface area contributed by atoms with Crippen LogP contribution >= 0.6 is 0 Å². The Bertz CT molecular complexity index is 116. The molecule has 1 unspecified atom stereocenters. The Hall–Kier alpha value is -0.200. The van der Waals surface area contributed by atoms with Crippen LogP contribution in [0.2, 0.25) is 0 Å². The molecule has 0 aromatic heterocycles. The summed E-state index contributed by atoms with van der Waals surface area (Å²) in [6, 6.07) is 0. The predicted molar refractivity (Wildman–Crippen MR) is 47.2 cm³/mol. The summed E-state index contributed by atoms with van der Waals surface area (Å²) in [6.07, 6.45) is 0.795. The largest absolute Gasteiger partial charge is 0.379 e. The first kappa shape index (κ1) is 9.88. The van der Waals surface area contributed by atoms with Crippen LogP contribution in [0, 0.1) is 0 Å². The quantitative estimate of drug-likeness (QED) is 0.273. The minimum atomic E-state index is -0.0900. The van der Waals surface area contributed by atoms with Crippen molar-refractivity contribution in [3.05, 3.63) is 0 Å². The predicted octanol–water partition coefficient (Wildman–Crippen LogP) is -1.54. The molecule has 0 amide bonds. The first-order chi connectivity index (χ1) is 5.83. The van der Waals surface area contributed by atoms with E-state index in [4.69, 9.17) is 16.3 Å². The van der Waals surface area contributed by atoms with Gasteiger partial charge in [0.2, 0.25) is 0 Å². The molecule has 0 spiro atoms. The maximum atomic E-state index is 5.60. The Morgan fingerprint density at radius 1 is 1.42 bits per heavy atom. The van der Waals surface area contributed by atoms with Gasteiger partial charge in [0, 0.05) is 19.6 Å². The topological polar surface area (TPSA) is 76.5 Å². The highest BCUT2D eigenvalue weighted by molar-refractivity contribution is 4.64. The van der Waals surface area contributed by atoms with Crippen LogP contribution in [-0.2, 0) is 4.74 Å². The van der Waals surface area contributed by atoms with E-state index >= 15 is 0 Å². The van der Waals surface area contributed by atoms with Gasteiger partial charge in [-0.2, -0.15) is 0 Å². The lowest BCUT2D eigenvalue weighted by atomic mass is 10.3. The molecule has 12 heavy (non-hydrogen) atoms. The fourth-order valence-electron chi connectivity index (χ4n) is 1.23. The van der Waals surface area contributed by atoms with Crippen molar-refractivity contribution in [3.63, 3.8) is 0 Å². The summed E-state index contributed by atoms with van der Waals surface area (Å²) in [5, 5.41) is 0. The maximum absolute atomic E-state index is 5.60. The van der Waals surface area contributed by atoms with E-state index in [1.807, 2.05) is 0 Å². The molecular weight excluding hydrogens is 156 g/mol. The number of nitrogens with two attached hydrogens (primary N) is 2. The second kappa shape index (κ2) is 5.45. The zero-order chi connectivity index (χ0) is 8.81. The summed E-state index contributed by atoms with van der Waals surface area (Å²) in [5.41, 5.74) is 8.12. The number of nitrogens with one attached hydrogen (secondary N) is 1. The minimum absolute atomic E-state index is 0.0900. The molecule has 5 nitrogen and oxygen atoms in total. The number of ether oxygens (including phenoxy) is 1. The van der Waals surface area contributed by atoms with Gasteiger partial charge in [0.1, 0.15) is 0 Å². The molecular formula is C7H18N4O. The van der Waals surface area contributed by atoms with Gasteiger partial charge in [0.25, 0.3) is 0 Å². The van der Waals surface area contributed by atoms with E-state index in [2.05, 4.69) is 10.3 Å². The third-order valence-electron chi connectivity index (χ3n) is 2.07. The molecule has 5 N–H and O–H groups in total. The van der Waals surface area contributed by atoms with E-state index in [1.165, 1.54) is 0 Å². The molecule has 1 rings (SSSR count). The molecule has 0 saturated carbocycles. The molecule has 0 bridgehead atoms. The van der Waals surface area contributed by atoms with Gasteiger partial charge in [-0.05, 0) is 6.42 Å². The fourth-order valence-corrected chi connectivity index (χ4v) is 1.23. The van der Waals surface area contributed by atoms with Crippen LogP contribution < -0.4 is 17.0 Å². The highest BCUT2D eigenvalue weighted by atomic mass is 16.5. The molecule has 0 aromatic rings. The maximum Gasteiger partial charge on any atom is 0.0688 e. The summed E-state index contributed by atoms with van der Waals surface area (Å²) in [4.78, 5) is 2.33. The van der Waals surface area contributed by atoms with Crippen LogP contribution in [0.3, 0.4) is 0 Å². The summed E-state index contributed by atoms with van der Waals surface area (Å²) < 4.78 is 5.22. The summed E-state index contributed by atoms with van der Waals surface area (Å²) in [7, 11) is 0. The first-order valence-corrected chi connectivity index (χ1v) is 4.34. The van der Waals surface area contributed by atoms with E-state index in [9.17, 15) is 0 Å². The third kappa shape index (κ3) is 3.46. The lowest BCUT2D eigenvalue weighted by molar-refractivity contribution is 0.0362. The third-order valence-corrected chi connectivity index (χ3v) is 2.07. The summed E-state index contributed by atoms with van der Waals surface area (Å²) in [5.74, 6) is 5.17. The summed E-state index contributed by atoms with van der Waals surface area (Å²) >= 11 is 0. The Labute approximate surface area is 73.0 Å². The van der Waals surface area contributed by atoms with Crippen molar-refractivity contribution in [2.75, 3.05) is 32.8 Å². The molecule has 5 heteroatoms. The Morgan fingerprint density at radius 2 is 2.08 bits per heavy atom. The Kier molecular flexibility index (Phi) is 4.49. The van der Waals surface area contributed by atoms with E-state index in [1.54, 1.807) is 0 Å². The van der Waals surface area contributed by atoms with Gasteiger partial charge in [-0.15, -0.1) is 0 Å². The molecule has 1 atom stereocenters. The molecule has 0 radical (unpaired) electrons. The number of rotatable bonds is 4. The highest BCUT2D eigenvalue weighted by Crippen LogP contribution is 1.97. The zero-order valence-electron chi connectivity index (χ0n) is 7.33. The van der Waals surface area contributed by atoms with Crippen LogP contribution in [0.25, 0.3) is 0 Å². The van der Waals surface area contributed by atoms with Crippen LogP contribution in [0.1, 0.15) is 6.42 Å². The number of nitrogens with zero attached hydrogens (tertiary/aromatic N) is 1. The van der Waals surface area contributed by atoms with Crippen LogP contribution in [-0.4, -0.2) is 43.9 Å². The van der Waals surface area contributed by atoms with Gasteiger partial charge in [0.05, 0.1) is 19.4 Å². The smallest absolute Gasteiger partial charge is 0.0688 e. The van der Waals surface area contributed by atoms with Crippen molar-refractivity contribution in [2.24, 2.45) is 11.6 Å². The van der Waals surface area contributed by atoms with Crippen LogP contribution in [0.15, 0.2) is 0 Å². The summed E-state index contributed by atoms with van der Waals surface area (Å²) in [6.45, 7) is 4.69. The van der Waals surface area contributed by atoms with Crippen LogP contribution in [0.5, 0.6) is 0 Å². The van der Waals surface area contributed by atoms with E-state index in [0.29, 0.717) is 0 Å². The van der Waals surface area contributed by atoms with Gasteiger partial charge in [0.15, 0.2) is 0 Å². The molecule has 1 saturated heterocycles. The van der Waals surface area contributed by atoms with Gasteiger partial charge in [-0.25, -0.2) is 5.43 Å². The second-order valence-corrected chi connectivity index (χ2v) is 3.02. The lowest BCUT2D eigenvalue weighted by Crippen LogP contribution is -2.45. The molecule has 1 fully saturated rings. The average molecular weight is 174 g/mol. The average Bonchev–Trinajstić information content (AvgIpc) is 2.16. The molecule has 0 aliphatic carbocycles. The van der Waals surface area contributed by atoms with Gasteiger partial charge in [-0.3, -0.25) is 10.7 Å². The van der Waals surface area contributed by atoms with Crippen LogP contribution in [0.4, 0.5) is 0 Å². The molecule has 1 heterocycles. The van der Waals surface area contributed by atoms with Gasteiger partial charge in [-0.1, -0.05) is 0 Å². The number of hydrogen-bond donors (Lipinski definition) is 3. The first-order valence-electron chi connectivity index (χ1n) is 4.34. The molecule has 1 aliphatic rings. The zero-order valence-corrected chi connectivity index (χ0v) is 7.33.